The van der Waals surface area contributed by atoms with Crippen molar-refractivity contribution in [2.45, 2.75) is 25.4 Å². The molecule has 2 rings (SSSR count). The van der Waals surface area contributed by atoms with Crippen molar-refractivity contribution >= 4 is 17.3 Å². The normalized spacial score (nSPS) is 26.1. The van der Waals surface area contributed by atoms with Crippen LogP contribution in [0.3, 0.4) is 0 Å². The number of hydrogen-bond donors (Lipinski definition) is 1. The number of nitrogens with zero attached hydrogens (tertiary/aromatic N) is 2. The van der Waals surface area contributed by atoms with Crippen LogP contribution in [-0.4, -0.2) is 48.8 Å². The zero-order chi connectivity index (χ0) is 13.1. The van der Waals surface area contributed by atoms with Crippen LogP contribution in [0.1, 0.15) is 13.3 Å². The summed E-state index contributed by atoms with van der Waals surface area (Å²) in [4.78, 5) is 4.58. The lowest BCUT2D eigenvalue weighted by Crippen LogP contribution is -2.43. The van der Waals surface area contributed by atoms with Crippen molar-refractivity contribution in [2.24, 2.45) is 0 Å². The molecule has 0 radical (unpaired) electrons. The van der Waals surface area contributed by atoms with Gasteiger partial charge in [0.1, 0.15) is 0 Å². The fourth-order valence-corrected chi connectivity index (χ4v) is 2.67. The Hall–Kier alpha value is -0.770. The minimum atomic E-state index is 0.189. The van der Waals surface area contributed by atoms with Gasteiger partial charge in [-0.05, 0) is 38.6 Å². The van der Waals surface area contributed by atoms with Crippen molar-refractivity contribution in [2.75, 3.05) is 31.6 Å². The maximum Gasteiger partial charge on any atom is 0.0604 e. The number of likely N-dealkylation sites (N-methyl/N-ethyl adjacent to an activating group) is 1. The van der Waals surface area contributed by atoms with Crippen molar-refractivity contribution in [1.29, 1.82) is 0 Å². The van der Waals surface area contributed by atoms with Gasteiger partial charge in [0.2, 0.25) is 0 Å². The Kier molecular flexibility index (Phi) is 4.49. The lowest BCUT2D eigenvalue weighted by Gasteiger charge is -2.32. The van der Waals surface area contributed by atoms with Crippen LogP contribution < -0.4 is 4.90 Å². The number of hydrogen-bond acceptors (Lipinski definition) is 3. The van der Waals surface area contributed by atoms with Gasteiger partial charge < -0.3 is 10.0 Å². The molecule has 1 N–H and O–H groups in total. The van der Waals surface area contributed by atoms with Crippen molar-refractivity contribution < 1.29 is 5.11 Å². The monoisotopic (exact) mass is 268 g/mol. The summed E-state index contributed by atoms with van der Waals surface area (Å²) in [5, 5.41) is 10.3. The largest absolute Gasteiger partial charge is 0.395 e. The van der Waals surface area contributed by atoms with Crippen LogP contribution in [-0.2, 0) is 0 Å². The molecule has 1 aromatic rings. The van der Waals surface area contributed by atoms with E-state index in [4.69, 9.17) is 11.6 Å². The molecule has 1 saturated heterocycles. The van der Waals surface area contributed by atoms with E-state index in [-0.39, 0.29) is 12.6 Å². The Morgan fingerprint density at radius 2 is 2.22 bits per heavy atom. The summed E-state index contributed by atoms with van der Waals surface area (Å²) in [5.41, 5.74) is 1.14. The first kappa shape index (κ1) is 13.7. The van der Waals surface area contributed by atoms with E-state index in [1.165, 1.54) is 0 Å². The zero-order valence-corrected chi connectivity index (χ0v) is 11.8. The molecule has 2 atom stereocenters. The second kappa shape index (κ2) is 5.91. The maximum absolute atomic E-state index is 9.50. The Labute approximate surface area is 114 Å². The molecule has 1 aliphatic rings. The van der Waals surface area contributed by atoms with Gasteiger partial charge in [-0.3, -0.25) is 4.90 Å². The van der Waals surface area contributed by atoms with Crippen molar-refractivity contribution in [3.63, 3.8) is 0 Å². The first-order chi connectivity index (χ1) is 8.61. The molecule has 3 nitrogen and oxygen atoms in total. The van der Waals surface area contributed by atoms with Crippen LogP contribution >= 0.6 is 11.6 Å². The van der Waals surface area contributed by atoms with Gasteiger partial charge >= 0.3 is 0 Å². The predicted octanol–water partition coefficient (Wildman–Crippen LogP) is 2.23. The smallest absolute Gasteiger partial charge is 0.0604 e. The van der Waals surface area contributed by atoms with E-state index in [1.54, 1.807) is 0 Å². The average Bonchev–Trinajstić information content (AvgIpc) is 2.50. The highest BCUT2D eigenvalue weighted by molar-refractivity contribution is 6.30. The molecule has 18 heavy (non-hydrogen) atoms. The lowest BCUT2D eigenvalue weighted by molar-refractivity contribution is 0.159. The fourth-order valence-electron chi connectivity index (χ4n) is 2.49. The van der Waals surface area contributed by atoms with Crippen LogP contribution in [0.2, 0.25) is 5.02 Å². The molecule has 0 saturated carbocycles. The number of rotatable bonds is 2. The molecule has 2 unspecified atom stereocenters. The van der Waals surface area contributed by atoms with Gasteiger partial charge in [-0.2, -0.15) is 0 Å². The van der Waals surface area contributed by atoms with Crippen LogP contribution in [0.25, 0.3) is 0 Å². The molecule has 0 aromatic heterocycles. The van der Waals surface area contributed by atoms with Crippen LogP contribution in [0.15, 0.2) is 24.3 Å². The maximum atomic E-state index is 9.50. The summed E-state index contributed by atoms with van der Waals surface area (Å²) in [6.45, 7) is 4.28. The van der Waals surface area contributed by atoms with Crippen molar-refractivity contribution in [3.05, 3.63) is 29.3 Å². The molecule has 0 spiro atoms. The van der Waals surface area contributed by atoms with Crippen molar-refractivity contribution in [1.82, 2.24) is 4.90 Å². The SMILES string of the molecule is CC1CCN(C)C(CO)CN1c1cccc(Cl)c1. The first-order valence-electron chi connectivity index (χ1n) is 6.45. The van der Waals surface area contributed by atoms with Gasteiger partial charge in [-0.15, -0.1) is 0 Å². The first-order valence-corrected chi connectivity index (χ1v) is 6.83. The van der Waals surface area contributed by atoms with Crippen LogP contribution in [0.5, 0.6) is 0 Å². The Balaban J connectivity index is 2.24. The fraction of sp³-hybridized carbons (Fsp3) is 0.571. The lowest BCUT2D eigenvalue weighted by atomic mass is 10.1. The van der Waals surface area contributed by atoms with E-state index in [0.29, 0.717) is 6.04 Å². The molecule has 1 heterocycles. The summed E-state index contributed by atoms with van der Waals surface area (Å²) < 4.78 is 0. The highest BCUT2D eigenvalue weighted by atomic mass is 35.5. The van der Waals surface area contributed by atoms with Crippen LogP contribution in [0.4, 0.5) is 5.69 Å². The number of anilines is 1. The van der Waals surface area contributed by atoms with Gasteiger partial charge in [-0.25, -0.2) is 0 Å². The molecule has 1 fully saturated rings. The average molecular weight is 269 g/mol. The van der Waals surface area contributed by atoms with Gasteiger partial charge in [0, 0.05) is 35.9 Å². The second-order valence-corrected chi connectivity index (χ2v) is 5.52. The molecule has 0 amide bonds. The third-order valence-electron chi connectivity index (χ3n) is 3.81. The van der Waals surface area contributed by atoms with Gasteiger partial charge in [-0.1, -0.05) is 17.7 Å². The molecular formula is C14H21ClN2O. The Morgan fingerprint density at radius 3 is 2.89 bits per heavy atom. The summed E-state index contributed by atoms with van der Waals surface area (Å²) >= 11 is 6.07. The molecule has 0 aliphatic carbocycles. The molecule has 0 bridgehead atoms. The zero-order valence-electron chi connectivity index (χ0n) is 11.0. The molecule has 100 valence electrons. The quantitative estimate of drug-likeness (QED) is 0.891. The highest BCUT2D eigenvalue weighted by Crippen LogP contribution is 2.25. The standard InChI is InChI=1S/C14H21ClN2O/c1-11-6-7-16(2)14(10-18)9-17(11)13-5-3-4-12(15)8-13/h3-5,8,11,14,18H,6-7,9-10H2,1-2H3. The molecule has 4 heteroatoms. The van der Waals surface area contributed by atoms with Gasteiger partial charge in [0.25, 0.3) is 0 Å². The Morgan fingerprint density at radius 1 is 1.44 bits per heavy atom. The predicted molar refractivity (Wildman–Crippen MR) is 76.4 cm³/mol. The van der Waals surface area contributed by atoms with E-state index >= 15 is 0 Å². The van der Waals surface area contributed by atoms with Gasteiger partial charge in [0.05, 0.1) is 6.61 Å². The number of benzene rings is 1. The minimum Gasteiger partial charge on any atom is -0.395 e. The third-order valence-corrected chi connectivity index (χ3v) is 4.05. The Bertz CT molecular complexity index is 399. The number of aliphatic hydroxyl groups is 1. The second-order valence-electron chi connectivity index (χ2n) is 5.09. The molecule has 1 aliphatic heterocycles. The number of aliphatic hydroxyl groups excluding tert-OH is 1. The number of halogens is 1. The van der Waals surface area contributed by atoms with Crippen molar-refractivity contribution in [3.8, 4) is 0 Å². The molecular weight excluding hydrogens is 248 g/mol. The highest BCUT2D eigenvalue weighted by Gasteiger charge is 2.26. The summed E-state index contributed by atoms with van der Waals surface area (Å²) in [6, 6.07) is 8.60. The van der Waals surface area contributed by atoms with E-state index in [0.717, 1.165) is 30.2 Å². The van der Waals surface area contributed by atoms with E-state index < -0.39 is 0 Å². The third kappa shape index (κ3) is 2.97. The summed E-state index contributed by atoms with van der Waals surface area (Å²) in [6.07, 6.45) is 1.10. The van der Waals surface area contributed by atoms with Gasteiger partial charge in [0.15, 0.2) is 0 Å². The minimum absolute atomic E-state index is 0.189. The van der Waals surface area contributed by atoms with E-state index in [1.807, 2.05) is 18.2 Å². The van der Waals surface area contributed by atoms with E-state index in [2.05, 4.69) is 29.8 Å². The molecule has 1 aromatic carbocycles. The van der Waals surface area contributed by atoms with E-state index in [9.17, 15) is 5.11 Å². The topological polar surface area (TPSA) is 26.7 Å². The summed E-state index contributed by atoms with van der Waals surface area (Å²) in [5.74, 6) is 0. The van der Waals surface area contributed by atoms with Crippen LogP contribution in [0, 0.1) is 0 Å². The summed E-state index contributed by atoms with van der Waals surface area (Å²) in [7, 11) is 2.08.